The van der Waals surface area contributed by atoms with Crippen molar-refractivity contribution >= 4 is 11.8 Å². The number of nitrogens with one attached hydrogen (secondary N) is 1. The van der Waals surface area contributed by atoms with Crippen molar-refractivity contribution in [1.82, 2.24) is 5.32 Å². The summed E-state index contributed by atoms with van der Waals surface area (Å²) in [5.74, 6) is -0.613. The Balaban J connectivity index is 2.60. The lowest BCUT2D eigenvalue weighted by molar-refractivity contribution is -0.128. The smallest absolute Gasteiger partial charge is 0.240 e. The van der Waals surface area contributed by atoms with E-state index < -0.39 is 11.9 Å². The summed E-state index contributed by atoms with van der Waals surface area (Å²) >= 11 is 0. The van der Waals surface area contributed by atoms with Crippen LogP contribution in [-0.2, 0) is 16.0 Å². The number of amides is 2. The van der Waals surface area contributed by atoms with Crippen molar-refractivity contribution in [3.05, 3.63) is 35.9 Å². The van der Waals surface area contributed by atoms with E-state index in [1.165, 1.54) is 0 Å². The molecule has 0 radical (unpaired) electrons. The topological polar surface area (TPSA) is 72.2 Å². The first-order chi connectivity index (χ1) is 8.54. The minimum Gasteiger partial charge on any atom is -0.368 e. The van der Waals surface area contributed by atoms with Gasteiger partial charge in [0.2, 0.25) is 11.8 Å². The third-order valence-electron chi connectivity index (χ3n) is 3.04. The first-order valence-electron chi connectivity index (χ1n) is 6.17. The molecule has 3 N–H and O–H groups in total. The zero-order valence-corrected chi connectivity index (χ0v) is 10.8. The Bertz CT molecular complexity index is 404. The highest BCUT2D eigenvalue weighted by molar-refractivity contribution is 5.87. The summed E-state index contributed by atoms with van der Waals surface area (Å²) in [7, 11) is 0. The van der Waals surface area contributed by atoms with Crippen LogP contribution in [0, 0.1) is 5.92 Å². The average molecular weight is 248 g/mol. The van der Waals surface area contributed by atoms with Gasteiger partial charge in [0, 0.05) is 0 Å². The molecular weight excluding hydrogens is 228 g/mol. The summed E-state index contributed by atoms with van der Waals surface area (Å²) in [4.78, 5) is 23.1. The molecule has 1 aromatic rings. The van der Waals surface area contributed by atoms with Gasteiger partial charge in [0.15, 0.2) is 0 Å². The molecule has 1 rings (SSSR count). The number of carbonyl (C=O) groups excluding carboxylic acids is 2. The maximum atomic E-state index is 11.8. The summed E-state index contributed by atoms with van der Waals surface area (Å²) < 4.78 is 0. The van der Waals surface area contributed by atoms with Gasteiger partial charge in [-0.15, -0.1) is 0 Å². The summed E-state index contributed by atoms with van der Waals surface area (Å²) in [5, 5.41) is 2.70. The number of rotatable bonds is 6. The maximum absolute atomic E-state index is 11.8. The van der Waals surface area contributed by atoms with E-state index in [-0.39, 0.29) is 18.2 Å². The number of primary amides is 1. The van der Waals surface area contributed by atoms with Gasteiger partial charge >= 0.3 is 0 Å². The lowest BCUT2D eigenvalue weighted by Crippen LogP contribution is -2.48. The van der Waals surface area contributed by atoms with E-state index in [0.29, 0.717) is 0 Å². The zero-order valence-electron chi connectivity index (χ0n) is 10.8. The van der Waals surface area contributed by atoms with E-state index in [2.05, 4.69) is 5.32 Å². The van der Waals surface area contributed by atoms with E-state index in [0.717, 1.165) is 12.0 Å². The van der Waals surface area contributed by atoms with Crippen molar-refractivity contribution in [2.45, 2.75) is 32.7 Å². The van der Waals surface area contributed by atoms with Gasteiger partial charge < -0.3 is 11.1 Å². The normalized spacial score (nSPS) is 13.7. The molecule has 0 aliphatic rings. The highest BCUT2D eigenvalue weighted by Gasteiger charge is 2.23. The lowest BCUT2D eigenvalue weighted by atomic mass is 9.98. The Kier molecular flexibility index (Phi) is 5.36. The Morgan fingerprint density at radius 1 is 1.28 bits per heavy atom. The van der Waals surface area contributed by atoms with E-state index in [9.17, 15) is 9.59 Å². The van der Waals surface area contributed by atoms with E-state index in [4.69, 9.17) is 5.73 Å². The van der Waals surface area contributed by atoms with Crippen LogP contribution in [0.3, 0.4) is 0 Å². The summed E-state index contributed by atoms with van der Waals surface area (Å²) in [6.45, 7) is 3.86. The van der Waals surface area contributed by atoms with Gasteiger partial charge in [-0.1, -0.05) is 50.6 Å². The van der Waals surface area contributed by atoms with Crippen LogP contribution in [0.25, 0.3) is 0 Å². The molecular formula is C14H20N2O2. The second-order valence-electron chi connectivity index (χ2n) is 4.50. The van der Waals surface area contributed by atoms with E-state index >= 15 is 0 Å². The fourth-order valence-corrected chi connectivity index (χ4v) is 1.74. The molecule has 4 nitrogen and oxygen atoms in total. The number of carbonyl (C=O) groups is 2. The number of hydrogen-bond acceptors (Lipinski definition) is 2. The van der Waals surface area contributed by atoms with Gasteiger partial charge in [-0.05, 0) is 11.5 Å². The van der Waals surface area contributed by atoms with Crippen LogP contribution in [-0.4, -0.2) is 17.9 Å². The van der Waals surface area contributed by atoms with Crippen LogP contribution in [0.15, 0.2) is 30.3 Å². The van der Waals surface area contributed by atoms with Gasteiger partial charge in [0.25, 0.3) is 0 Å². The molecule has 4 heteroatoms. The molecule has 0 saturated heterocycles. The van der Waals surface area contributed by atoms with Crippen LogP contribution in [0.2, 0.25) is 0 Å². The van der Waals surface area contributed by atoms with E-state index in [1.54, 1.807) is 0 Å². The third kappa shape index (κ3) is 4.20. The van der Waals surface area contributed by atoms with E-state index in [1.807, 2.05) is 44.2 Å². The number of benzene rings is 1. The largest absolute Gasteiger partial charge is 0.368 e. The highest BCUT2D eigenvalue weighted by Crippen LogP contribution is 2.08. The van der Waals surface area contributed by atoms with Crippen molar-refractivity contribution in [2.24, 2.45) is 11.7 Å². The Morgan fingerprint density at radius 2 is 1.89 bits per heavy atom. The van der Waals surface area contributed by atoms with Crippen molar-refractivity contribution < 1.29 is 9.59 Å². The number of nitrogens with two attached hydrogens (primary N) is 1. The first-order valence-corrected chi connectivity index (χ1v) is 6.17. The quantitative estimate of drug-likeness (QED) is 0.795. The first kappa shape index (κ1) is 14.2. The van der Waals surface area contributed by atoms with Crippen LogP contribution in [0.4, 0.5) is 0 Å². The molecule has 0 unspecified atom stereocenters. The maximum Gasteiger partial charge on any atom is 0.240 e. The van der Waals surface area contributed by atoms with Crippen LogP contribution in [0.1, 0.15) is 25.8 Å². The molecule has 0 fully saturated rings. The number of hydrogen-bond donors (Lipinski definition) is 2. The fourth-order valence-electron chi connectivity index (χ4n) is 1.74. The van der Waals surface area contributed by atoms with Crippen molar-refractivity contribution in [3.8, 4) is 0 Å². The van der Waals surface area contributed by atoms with Gasteiger partial charge in [0.05, 0.1) is 6.42 Å². The van der Waals surface area contributed by atoms with Crippen LogP contribution in [0.5, 0.6) is 0 Å². The van der Waals surface area contributed by atoms with Crippen LogP contribution >= 0.6 is 0 Å². The molecule has 0 heterocycles. The predicted octanol–water partition coefficient (Wildman–Crippen LogP) is 1.25. The molecule has 18 heavy (non-hydrogen) atoms. The standard InChI is InChI=1S/C14H20N2O2/c1-3-10(2)13(14(15)18)16-12(17)9-11-7-5-4-6-8-11/h4-8,10,13H,3,9H2,1-2H3,(H2,15,18)(H,16,17)/t10-,13-/m0/s1. The molecule has 0 aliphatic heterocycles. The monoisotopic (exact) mass is 248 g/mol. The van der Waals surface area contributed by atoms with Crippen LogP contribution < -0.4 is 11.1 Å². The molecule has 0 aliphatic carbocycles. The molecule has 2 atom stereocenters. The van der Waals surface area contributed by atoms with Gasteiger partial charge in [-0.2, -0.15) is 0 Å². The predicted molar refractivity (Wildman–Crippen MR) is 70.7 cm³/mol. The molecule has 1 aromatic carbocycles. The fraction of sp³-hybridized carbons (Fsp3) is 0.429. The minimum absolute atomic E-state index is 0.0437. The Hall–Kier alpha value is -1.84. The minimum atomic E-state index is -0.591. The molecule has 0 bridgehead atoms. The molecule has 0 aromatic heterocycles. The lowest BCUT2D eigenvalue weighted by Gasteiger charge is -2.21. The van der Waals surface area contributed by atoms with Gasteiger partial charge in [0.1, 0.15) is 6.04 Å². The summed E-state index contributed by atoms with van der Waals surface area (Å²) in [6, 6.07) is 8.81. The Morgan fingerprint density at radius 3 is 2.39 bits per heavy atom. The summed E-state index contributed by atoms with van der Waals surface area (Å²) in [5.41, 5.74) is 6.22. The molecule has 98 valence electrons. The molecule has 0 spiro atoms. The average Bonchev–Trinajstić information content (AvgIpc) is 2.36. The SMILES string of the molecule is CC[C@H](C)[C@H](NC(=O)Cc1ccccc1)C(N)=O. The third-order valence-corrected chi connectivity index (χ3v) is 3.04. The van der Waals surface area contributed by atoms with Crippen molar-refractivity contribution in [2.75, 3.05) is 0 Å². The zero-order chi connectivity index (χ0) is 13.5. The van der Waals surface area contributed by atoms with Gasteiger partial charge in [-0.3, -0.25) is 9.59 Å². The van der Waals surface area contributed by atoms with Crippen molar-refractivity contribution in [1.29, 1.82) is 0 Å². The highest BCUT2D eigenvalue weighted by atomic mass is 16.2. The molecule has 2 amide bonds. The summed E-state index contributed by atoms with van der Waals surface area (Å²) in [6.07, 6.45) is 1.06. The Labute approximate surface area is 108 Å². The second kappa shape index (κ2) is 6.79. The van der Waals surface area contributed by atoms with Gasteiger partial charge in [-0.25, -0.2) is 0 Å². The van der Waals surface area contributed by atoms with Crippen molar-refractivity contribution in [3.63, 3.8) is 0 Å². The molecule has 0 saturated carbocycles. The second-order valence-corrected chi connectivity index (χ2v) is 4.50.